The van der Waals surface area contributed by atoms with Crippen molar-refractivity contribution in [2.75, 3.05) is 6.54 Å². The molecular weight excluding hydrogens is 330 g/mol. The summed E-state index contributed by atoms with van der Waals surface area (Å²) < 4.78 is 3.39. The van der Waals surface area contributed by atoms with Gasteiger partial charge in [0.15, 0.2) is 0 Å². The van der Waals surface area contributed by atoms with Crippen molar-refractivity contribution >= 4 is 16.8 Å². The first kappa shape index (κ1) is 17.8. The molecule has 26 heavy (non-hydrogen) atoms. The fraction of sp³-hybridized carbons (Fsp3) is 0.368. The quantitative estimate of drug-likeness (QED) is 0.681. The molecule has 136 valence electrons. The molecule has 0 radical (unpaired) electrons. The molecule has 0 fully saturated rings. The molecule has 0 bridgehead atoms. The van der Waals surface area contributed by atoms with E-state index in [-0.39, 0.29) is 17.9 Å². The van der Waals surface area contributed by atoms with Gasteiger partial charge in [0.1, 0.15) is 5.82 Å². The van der Waals surface area contributed by atoms with Crippen LogP contribution in [0.5, 0.6) is 0 Å². The van der Waals surface area contributed by atoms with E-state index in [1.165, 1.54) is 4.57 Å². The Morgan fingerprint density at radius 3 is 2.77 bits per heavy atom. The predicted molar refractivity (Wildman–Crippen MR) is 100 cm³/mol. The lowest BCUT2D eigenvalue weighted by Crippen LogP contribution is -2.30. The minimum Gasteiger partial charge on any atom is -0.356 e. The van der Waals surface area contributed by atoms with Gasteiger partial charge in [0.25, 0.3) is 5.56 Å². The Labute approximate surface area is 151 Å². The summed E-state index contributed by atoms with van der Waals surface area (Å²) in [4.78, 5) is 28.6. The van der Waals surface area contributed by atoms with E-state index in [1.807, 2.05) is 35.1 Å². The van der Waals surface area contributed by atoms with Gasteiger partial charge in [0.05, 0.1) is 17.6 Å². The standard InChI is InChI=1S/C19H23N5O2/c1-13-17(21-14(2)23(3)19(13)26)11-18(25)20-9-6-10-24-12-15-7-4-5-8-16(15)22-24/h4-5,7-8,12H,6,9-11H2,1-3H3,(H,20,25). The monoisotopic (exact) mass is 353 g/mol. The number of nitrogens with zero attached hydrogens (tertiary/aromatic N) is 4. The Hall–Kier alpha value is -2.96. The van der Waals surface area contributed by atoms with Crippen molar-refractivity contribution in [2.24, 2.45) is 7.05 Å². The smallest absolute Gasteiger partial charge is 0.256 e. The molecule has 1 aromatic carbocycles. The van der Waals surface area contributed by atoms with Crippen molar-refractivity contribution in [3.05, 3.63) is 57.9 Å². The molecule has 2 heterocycles. The van der Waals surface area contributed by atoms with Crippen molar-refractivity contribution in [2.45, 2.75) is 33.2 Å². The molecule has 0 atom stereocenters. The molecular formula is C19H23N5O2. The summed E-state index contributed by atoms with van der Waals surface area (Å²) in [5, 5.41) is 8.49. The van der Waals surface area contributed by atoms with Gasteiger partial charge in [0.2, 0.25) is 5.91 Å². The molecule has 0 saturated heterocycles. The molecule has 0 spiro atoms. The first-order valence-corrected chi connectivity index (χ1v) is 8.67. The predicted octanol–water partition coefficient (Wildman–Crippen LogP) is 1.50. The van der Waals surface area contributed by atoms with Crippen LogP contribution in [-0.2, 0) is 24.8 Å². The van der Waals surface area contributed by atoms with Crippen LogP contribution in [0.2, 0.25) is 0 Å². The van der Waals surface area contributed by atoms with E-state index in [1.54, 1.807) is 20.9 Å². The normalized spacial score (nSPS) is 11.0. The number of hydrogen-bond acceptors (Lipinski definition) is 4. The SMILES string of the molecule is Cc1c(CC(=O)NCCCn2cc3ccccc3n2)nc(C)n(C)c1=O. The number of hydrogen-bond donors (Lipinski definition) is 1. The van der Waals surface area contributed by atoms with Crippen LogP contribution in [0.1, 0.15) is 23.5 Å². The third-order valence-electron chi connectivity index (χ3n) is 4.52. The second-order valence-electron chi connectivity index (χ2n) is 6.43. The number of aryl methyl sites for hydroxylation is 2. The highest BCUT2D eigenvalue weighted by atomic mass is 16.1. The van der Waals surface area contributed by atoms with Crippen molar-refractivity contribution < 1.29 is 4.79 Å². The number of fused-ring (bicyclic) bond motifs is 1. The van der Waals surface area contributed by atoms with Crippen LogP contribution in [0.15, 0.2) is 35.3 Å². The summed E-state index contributed by atoms with van der Waals surface area (Å²) in [6.45, 7) is 4.76. The van der Waals surface area contributed by atoms with Crippen molar-refractivity contribution in [1.29, 1.82) is 0 Å². The summed E-state index contributed by atoms with van der Waals surface area (Å²) >= 11 is 0. The minimum atomic E-state index is -0.126. The molecule has 7 heteroatoms. The molecule has 1 amide bonds. The van der Waals surface area contributed by atoms with E-state index in [4.69, 9.17) is 0 Å². The van der Waals surface area contributed by atoms with E-state index < -0.39 is 0 Å². The van der Waals surface area contributed by atoms with Crippen LogP contribution in [0.25, 0.3) is 10.9 Å². The van der Waals surface area contributed by atoms with E-state index in [0.29, 0.717) is 23.6 Å². The van der Waals surface area contributed by atoms with E-state index in [0.717, 1.165) is 23.9 Å². The van der Waals surface area contributed by atoms with Gasteiger partial charge in [0, 0.05) is 37.3 Å². The minimum absolute atomic E-state index is 0.106. The van der Waals surface area contributed by atoms with Crippen LogP contribution >= 0.6 is 0 Å². The number of nitrogens with one attached hydrogen (secondary N) is 1. The largest absolute Gasteiger partial charge is 0.356 e. The Kier molecular flexibility index (Phi) is 5.16. The van der Waals surface area contributed by atoms with Gasteiger partial charge in [-0.05, 0) is 26.3 Å². The fourth-order valence-corrected chi connectivity index (χ4v) is 2.86. The highest BCUT2D eigenvalue weighted by molar-refractivity contribution is 5.78. The first-order valence-electron chi connectivity index (χ1n) is 8.67. The third-order valence-corrected chi connectivity index (χ3v) is 4.52. The Balaban J connectivity index is 1.51. The fourth-order valence-electron chi connectivity index (χ4n) is 2.86. The van der Waals surface area contributed by atoms with Crippen LogP contribution in [0, 0.1) is 13.8 Å². The molecule has 0 aliphatic carbocycles. The molecule has 0 aliphatic heterocycles. The van der Waals surface area contributed by atoms with Gasteiger partial charge in [-0.1, -0.05) is 18.2 Å². The average molecular weight is 353 g/mol. The zero-order chi connectivity index (χ0) is 18.7. The summed E-state index contributed by atoms with van der Waals surface area (Å²) in [6, 6.07) is 7.97. The van der Waals surface area contributed by atoms with Gasteiger partial charge in [-0.15, -0.1) is 0 Å². The van der Waals surface area contributed by atoms with Crippen molar-refractivity contribution in [3.63, 3.8) is 0 Å². The molecule has 3 rings (SSSR count). The third kappa shape index (κ3) is 3.82. The molecule has 0 unspecified atom stereocenters. The molecule has 0 aliphatic rings. The Bertz CT molecular complexity index is 970. The van der Waals surface area contributed by atoms with Gasteiger partial charge < -0.3 is 5.32 Å². The second kappa shape index (κ2) is 7.51. The van der Waals surface area contributed by atoms with E-state index in [2.05, 4.69) is 15.4 Å². The van der Waals surface area contributed by atoms with Crippen LogP contribution < -0.4 is 10.9 Å². The second-order valence-corrected chi connectivity index (χ2v) is 6.43. The lowest BCUT2D eigenvalue weighted by atomic mass is 10.2. The van der Waals surface area contributed by atoms with Gasteiger partial charge in [-0.2, -0.15) is 5.10 Å². The summed E-state index contributed by atoms with van der Waals surface area (Å²) in [5.41, 5.74) is 1.93. The van der Waals surface area contributed by atoms with Crippen LogP contribution in [0.4, 0.5) is 0 Å². The summed E-state index contributed by atoms with van der Waals surface area (Å²) in [6.07, 6.45) is 2.91. The van der Waals surface area contributed by atoms with Crippen molar-refractivity contribution in [3.8, 4) is 0 Å². The lowest BCUT2D eigenvalue weighted by molar-refractivity contribution is -0.120. The Morgan fingerprint density at radius 1 is 1.23 bits per heavy atom. The number of carbonyl (C=O) groups is 1. The number of rotatable bonds is 6. The topological polar surface area (TPSA) is 81.8 Å². The van der Waals surface area contributed by atoms with Crippen molar-refractivity contribution in [1.82, 2.24) is 24.6 Å². The maximum atomic E-state index is 12.1. The first-order chi connectivity index (χ1) is 12.5. The van der Waals surface area contributed by atoms with Crippen LogP contribution in [0.3, 0.4) is 0 Å². The molecule has 0 saturated carbocycles. The molecule has 3 aromatic rings. The number of amides is 1. The van der Waals surface area contributed by atoms with E-state index in [9.17, 15) is 9.59 Å². The maximum Gasteiger partial charge on any atom is 0.256 e. The van der Waals surface area contributed by atoms with Gasteiger partial charge in [-0.3, -0.25) is 18.8 Å². The maximum absolute atomic E-state index is 12.1. The highest BCUT2D eigenvalue weighted by Gasteiger charge is 2.12. The lowest BCUT2D eigenvalue weighted by Gasteiger charge is -2.10. The molecule has 1 N–H and O–H groups in total. The zero-order valence-corrected chi connectivity index (χ0v) is 15.3. The van der Waals surface area contributed by atoms with Gasteiger partial charge in [-0.25, -0.2) is 4.98 Å². The van der Waals surface area contributed by atoms with Crippen LogP contribution in [-0.4, -0.2) is 31.8 Å². The zero-order valence-electron chi connectivity index (χ0n) is 15.3. The summed E-state index contributed by atoms with van der Waals surface area (Å²) in [7, 11) is 1.68. The van der Waals surface area contributed by atoms with Gasteiger partial charge >= 0.3 is 0 Å². The number of benzene rings is 1. The van der Waals surface area contributed by atoms with E-state index >= 15 is 0 Å². The molecule has 7 nitrogen and oxygen atoms in total. The number of carbonyl (C=O) groups excluding carboxylic acids is 1. The Morgan fingerprint density at radius 2 is 2.00 bits per heavy atom. The molecule has 2 aromatic heterocycles. The summed E-state index contributed by atoms with van der Waals surface area (Å²) in [5.74, 6) is 0.480. The highest BCUT2D eigenvalue weighted by Crippen LogP contribution is 2.10. The number of aromatic nitrogens is 4. The average Bonchev–Trinajstić information content (AvgIpc) is 3.04.